The average molecular weight is 341 g/mol. The summed E-state index contributed by atoms with van der Waals surface area (Å²) in [5.41, 5.74) is 8.54. The summed E-state index contributed by atoms with van der Waals surface area (Å²) in [6.45, 7) is 6.51. The Kier molecular flexibility index (Phi) is 3.96. The van der Waals surface area contributed by atoms with Gasteiger partial charge in [-0.1, -0.05) is 17.7 Å². The largest absolute Gasteiger partial charge is 0.225 e. The lowest BCUT2D eigenvalue weighted by Gasteiger charge is -2.10. The van der Waals surface area contributed by atoms with Gasteiger partial charge in [-0.2, -0.15) is 4.57 Å². The van der Waals surface area contributed by atoms with E-state index in [2.05, 4.69) is 89.8 Å². The second-order valence-electron chi connectivity index (χ2n) is 6.77. The van der Waals surface area contributed by atoms with Crippen molar-refractivity contribution in [2.24, 2.45) is 7.05 Å². The third kappa shape index (κ3) is 2.73. The van der Waals surface area contributed by atoms with Gasteiger partial charge in [0.2, 0.25) is 11.2 Å². The highest BCUT2D eigenvalue weighted by atomic mass is 15.0. The van der Waals surface area contributed by atoms with Crippen LogP contribution in [0.1, 0.15) is 16.7 Å². The Hall–Kier alpha value is -3.14. The van der Waals surface area contributed by atoms with Crippen LogP contribution in [0.5, 0.6) is 0 Å². The number of aromatic nitrogens is 4. The van der Waals surface area contributed by atoms with E-state index in [9.17, 15) is 0 Å². The highest BCUT2D eigenvalue weighted by Gasteiger charge is 2.18. The van der Waals surface area contributed by atoms with Gasteiger partial charge in [0.1, 0.15) is 19.7 Å². The second kappa shape index (κ2) is 6.30. The number of hydrogen-bond donors (Lipinski definition) is 0. The lowest BCUT2D eigenvalue weighted by molar-refractivity contribution is -0.633. The normalized spacial score (nSPS) is 11.1. The van der Waals surface area contributed by atoms with Gasteiger partial charge in [-0.3, -0.25) is 0 Å². The molecule has 0 unspecified atom stereocenters. The first-order valence-electron chi connectivity index (χ1n) is 8.68. The average Bonchev–Trinajstić information content (AvgIpc) is 2.66. The Labute approximate surface area is 153 Å². The van der Waals surface area contributed by atoms with Gasteiger partial charge in [0.15, 0.2) is 5.82 Å². The Balaban J connectivity index is 1.95. The summed E-state index contributed by atoms with van der Waals surface area (Å²) in [5.74, 6) is 0.690. The van der Waals surface area contributed by atoms with E-state index < -0.39 is 0 Å². The van der Waals surface area contributed by atoms with Gasteiger partial charge >= 0.3 is 0 Å². The van der Waals surface area contributed by atoms with E-state index in [1.165, 1.54) is 46.0 Å². The van der Waals surface area contributed by atoms with Crippen LogP contribution in [0.3, 0.4) is 0 Å². The van der Waals surface area contributed by atoms with Crippen LogP contribution in [0.4, 0.5) is 0 Å². The molecule has 26 heavy (non-hydrogen) atoms. The SMILES string of the molecule is Cc1cc(C)c(C)c(-c2ccc3ccc(-c4ncncn4)cc3[n+]2C)c1. The van der Waals surface area contributed by atoms with Crippen LogP contribution >= 0.6 is 0 Å². The fraction of sp³-hybridized carbons (Fsp3) is 0.182. The van der Waals surface area contributed by atoms with Gasteiger partial charge in [-0.05, 0) is 50.1 Å². The first-order valence-corrected chi connectivity index (χ1v) is 8.68. The molecule has 4 nitrogen and oxygen atoms in total. The lowest BCUT2D eigenvalue weighted by atomic mass is 9.96. The summed E-state index contributed by atoms with van der Waals surface area (Å²) in [6.07, 6.45) is 3.06. The van der Waals surface area contributed by atoms with E-state index in [4.69, 9.17) is 0 Å². The van der Waals surface area contributed by atoms with Gasteiger partial charge in [0.05, 0.1) is 0 Å². The van der Waals surface area contributed by atoms with Gasteiger partial charge in [0.25, 0.3) is 0 Å². The van der Waals surface area contributed by atoms with Crippen molar-refractivity contribution in [2.45, 2.75) is 20.8 Å². The van der Waals surface area contributed by atoms with Crippen LogP contribution in [0.25, 0.3) is 33.5 Å². The van der Waals surface area contributed by atoms with Gasteiger partial charge < -0.3 is 0 Å². The van der Waals surface area contributed by atoms with E-state index in [-0.39, 0.29) is 0 Å². The molecule has 0 aliphatic heterocycles. The van der Waals surface area contributed by atoms with Crippen LogP contribution in [0.2, 0.25) is 0 Å². The summed E-state index contributed by atoms with van der Waals surface area (Å²) >= 11 is 0. The van der Waals surface area contributed by atoms with Crippen molar-refractivity contribution < 1.29 is 4.57 Å². The number of benzene rings is 2. The Bertz CT molecular complexity index is 1120. The smallest absolute Gasteiger partial charge is 0.213 e. The number of aryl methyl sites for hydroxylation is 3. The molecule has 0 spiro atoms. The Morgan fingerprint density at radius 3 is 2.35 bits per heavy atom. The van der Waals surface area contributed by atoms with E-state index in [1.807, 2.05) is 0 Å². The van der Waals surface area contributed by atoms with Gasteiger partial charge in [-0.25, -0.2) is 15.0 Å². The Morgan fingerprint density at radius 1 is 0.846 bits per heavy atom. The molecule has 0 atom stereocenters. The number of nitrogens with zero attached hydrogens (tertiary/aromatic N) is 4. The predicted octanol–water partition coefficient (Wildman–Crippen LogP) is 4.11. The number of rotatable bonds is 2. The zero-order valence-electron chi connectivity index (χ0n) is 15.5. The zero-order valence-corrected chi connectivity index (χ0v) is 15.5. The summed E-state index contributed by atoms with van der Waals surface area (Å²) in [5, 5.41) is 1.19. The second-order valence-corrected chi connectivity index (χ2v) is 6.77. The van der Waals surface area contributed by atoms with Crippen LogP contribution < -0.4 is 4.57 Å². The summed E-state index contributed by atoms with van der Waals surface area (Å²) in [6, 6.07) is 15.2. The quantitative estimate of drug-likeness (QED) is 0.515. The maximum absolute atomic E-state index is 4.27. The van der Waals surface area contributed by atoms with E-state index in [0.717, 1.165) is 11.1 Å². The van der Waals surface area contributed by atoms with Crippen molar-refractivity contribution in [2.75, 3.05) is 0 Å². The fourth-order valence-corrected chi connectivity index (χ4v) is 3.49. The lowest BCUT2D eigenvalue weighted by Crippen LogP contribution is -2.32. The van der Waals surface area contributed by atoms with Crippen molar-refractivity contribution in [1.82, 2.24) is 15.0 Å². The van der Waals surface area contributed by atoms with Crippen LogP contribution in [-0.4, -0.2) is 15.0 Å². The molecule has 2 aromatic carbocycles. The summed E-state index contributed by atoms with van der Waals surface area (Å²) in [7, 11) is 2.12. The molecule has 128 valence electrons. The van der Waals surface area contributed by atoms with Crippen molar-refractivity contribution in [3.8, 4) is 22.6 Å². The minimum absolute atomic E-state index is 0.690. The van der Waals surface area contributed by atoms with Crippen LogP contribution in [0.15, 0.2) is 55.1 Å². The highest BCUT2D eigenvalue weighted by molar-refractivity contribution is 5.82. The molecule has 0 bridgehead atoms. The standard InChI is InChI=1S/C22H21N4/c1-14-9-15(2)16(3)19(10-14)20-8-7-17-5-6-18(11-21(17)26(20)4)22-24-12-23-13-25-22/h5-13H,1-4H3/q+1. The van der Waals surface area contributed by atoms with E-state index in [1.54, 1.807) is 0 Å². The molecule has 0 saturated heterocycles. The number of hydrogen-bond acceptors (Lipinski definition) is 3. The van der Waals surface area contributed by atoms with Gasteiger partial charge in [-0.15, -0.1) is 0 Å². The Morgan fingerprint density at radius 2 is 1.58 bits per heavy atom. The first kappa shape index (κ1) is 16.3. The minimum atomic E-state index is 0.690. The minimum Gasteiger partial charge on any atom is -0.225 e. The van der Waals surface area contributed by atoms with Crippen molar-refractivity contribution in [3.63, 3.8) is 0 Å². The maximum Gasteiger partial charge on any atom is 0.213 e. The third-order valence-electron chi connectivity index (χ3n) is 5.01. The third-order valence-corrected chi connectivity index (χ3v) is 5.01. The molecule has 4 aromatic rings. The molecule has 2 aromatic heterocycles. The predicted molar refractivity (Wildman–Crippen MR) is 104 cm³/mol. The van der Waals surface area contributed by atoms with Crippen molar-refractivity contribution in [1.29, 1.82) is 0 Å². The van der Waals surface area contributed by atoms with E-state index in [0.29, 0.717) is 5.82 Å². The van der Waals surface area contributed by atoms with Crippen LogP contribution in [0, 0.1) is 20.8 Å². The van der Waals surface area contributed by atoms with Gasteiger partial charge in [0, 0.05) is 28.6 Å². The number of fused-ring (bicyclic) bond motifs is 1. The molecule has 0 aliphatic rings. The maximum atomic E-state index is 4.27. The molecule has 0 amide bonds. The number of pyridine rings is 1. The molecule has 2 heterocycles. The molecule has 0 radical (unpaired) electrons. The fourth-order valence-electron chi connectivity index (χ4n) is 3.49. The topological polar surface area (TPSA) is 42.6 Å². The molecule has 0 saturated carbocycles. The molecular formula is C22H21N4+. The molecule has 0 aliphatic carbocycles. The van der Waals surface area contributed by atoms with Crippen molar-refractivity contribution in [3.05, 3.63) is 71.8 Å². The first-order chi connectivity index (χ1) is 12.5. The monoisotopic (exact) mass is 341 g/mol. The summed E-state index contributed by atoms with van der Waals surface area (Å²) in [4.78, 5) is 12.4. The molecule has 0 fully saturated rings. The summed E-state index contributed by atoms with van der Waals surface area (Å²) < 4.78 is 2.25. The highest BCUT2D eigenvalue weighted by Crippen LogP contribution is 2.27. The molecular weight excluding hydrogens is 320 g/mol. The molecule has 4 heteroatoms. The zero-order chi connectivity index (χ0) is 18.3. The molecule has 0 N–H and O–H groups in total. The van der Waals surface area contributed by atoms with Crippen molar-refractivity contribution >= 4 is 10.9 Å². The van der Waals surface area contributed by atoms with Crippen LogP contribution in [-0.2, 0) is 7.05 Å². The molecule has 4 rings (SSSR count). The van der Waals surface area contributed by atoms with E-state index >= 15 is 0 Å².